The molecule has 7 aliphatic rings. The van der Waals surface area contributed by atoms with Crippen LogP contribution >= 0.6 is 0 Å². The van der Waals surface area contributed by atoms with E-state index in [9.17, 15) is 0 Å². The third-order valence-electron chi connectivity index (χ3n) is 13.7. The van der Waals surface area contributed by atoms with Crippen LogP contribution in [-0.2, 0) is 25.7 Å². The smallest absolute Gasteiger partial charge is 0.0491 e. The van der Waals surface area contributed by atoms with Crippen LogP contribution in [0.1, 0.15) is 139 Å². The van der Waals surface area contributed by atoms with E-state index in [1.165, 1.54) is 111 Å². The third kappa shape index (κ3) is 7.24. The van der Waals surface area contributed by atoms with Crippen LogP contribution in [0.15, 0.2) is 126 Å². The van der Waals surface area contributed by atoms with Gasteiger partial charge in [0.25, 0.3) is 0 Å². The molecular weight excluding hydrogens is 641 g/mol. The molecule has 0 aromatic heterocycles. The molecule has 9 rings (SSSR count). The summed E-state index contributed by atoms with van der Waals surface area (Å²) >= 11 is 0. The molecule has 2 aliphatic heterocycles. The van der Waals surface area contributed by atoms with Crippen LogP contribution < -0.4 is 5.32 Å². The number of benzene rings is 2. The summed E-state index contributed by atoms with van der Waals surface area (Å²) in [4.78, 5) is 5.59. The van der Waals surface area contributed by atoms with Gasteiger partial charge >= 0.3 is 0 Å². The van der Waals surface area contributed by atoms with E-state index in [2.05, 4.69) is 115 Å². The van der Waals surface area contributed by atoms with E-state index in [-0.39, 0.29) is 0 Å². The van der Waals surface area contributed by atoms with Gasteiger partial charge in [-0.2, -0.15) is 0 Å². The second-order valence-corrected chi connectivity index (χ2v) is 16.8. The molecule has 3 unspecified atom stereocenters. The van der Waals surface area contributed by atoms with E-state index in [0.29, 0.717) is 29.6 Å². The van der Waals surface area contributed by atoms with Gasteiger partial charge in [0, 0.05) is 42.3 Å². The highest BCUT2D eigenvalue weighted by atomic mass is 14.8. The molecule has 2 aromatic rings. The molecule has 0 amide bonds. The van der Waals surface area contributed by atoms with Crippen LogP contribution in [0.25, 0.3) is 0 Å². The SMILES string of the molecule is C1=CNCC(C2C=CC(C3=CN=C(c4c5c(c(C6CCC=CCC6)c6c4CCCC6)C/C=C/C=C\C5)CC3c3ccc([C@@H]4CC=CCC4)cc3)CC2)=C1. The van der Waals surface area contributed by atoms with Gasteiger partial charge in [-0.15, -0.1) is 0 Å². The molecule has 0 fully saturated rings. The van der Waals surface area contributed by atoms with E-state index in [4.69, 9.17) is 4.99 Å². The summed E-state index contributed by atoms with van der Waals surface area (Å²) in [7, 11) is 0. The average Bonchev–Trinajstić information content (AvgIpc) is 3.51. The van der Waals surface area contributed by atoms with Crippen molar-refractivity contribution >= 4 is 5.71 Å². The minimum atomic E-state index is 0.346. The number of nitrogens with zero attached hydrogens (tertiary/aromatic N) is 1. The fourth-order valence-corrected chi connectivity index (χ4v) is 10.9. The monoisotopic (exact) mass is 698 g/mol. The van der Waals surface area contributed by atoms with E-state index < -0.39 is 0 Å². The number of allylic oxidation sites excluding steroid dienone is 13. The number of dihydropyridines is 1. The molecular formula is C51H58N2. The summed E-state index contributed by atoms with van der Waals surface area (Å²) in [6.45, 7) is 0.967. The molecule has 2 nitrogen and oxygen atoms in total. The Morgan fingerprint density at radius 1 is 0.623 bits per heavy atom. The quantitative estimate of drug-likeness (QED) is 0.298. The number of aliphatic imine (C=N–C) groups is 1. The van der Waals surface area contributed by atoms with Crippen molar-refractivity contribution in [2.45, 2.75) is 120 Å². The molecule has 0 radical (unpaired) electrons. The van der Waals surface area contributed by atoms with Gasteiger partial charge in [0.05, 0.1) is 0 Å². The lowest BCUT2D eigenvalue weighted by Crippen LogP contribution is -2.26. The molecule has 1 N–H and O–H groups in total. The first-order chi connectivity index (χ1) is 26.3. The molecule has 2 aromatic carbocycles. The van der Waals surface area contributed by atoms with Crippen LogP contribution in [-0.4, -0.2) is 12.3 Å². The van der Waals surface area contributed by atoms with Gasteiger partial charge in [0.2, 0.25) is 0 Å². The molecule has 0 bridgehead atoms. The lowest BCUT2D eigenvalue weighted by atomic mass is 9.70. The zero-order valence-electron chi connectivity index (χ0n) is 31.7. The summed E-state index contributed by atoms with van der Waals surface area (Å²) in [6.07, 6.45) is 52.2. The summed E-state index contributed by atoms with van der Waals surface area (Å²) in [5, 5.41) is 3.43. The van der Waals surface area contributed by atoms with E-state index in [1.54, 1.807) is 33.4 Å². The zero-order valence-corrected chi connectivity index (χ0v) is 31.7. The summed E-state index contributed by atoms with van der Waals surface area (Å²) < 4.78 is 0. The highest BCUT2D eigenvalue weighted by Gasteiger charge is 2.35. The molecule has 0 spiro atoms. The van der Waals surface area contributed by atoms with Crippen LogP contribution in [0, 0.1) is 11.8 Å². The average molecular weight is 699 g/mol. The predicted octanol–water partition coefficient (Wildman–Crippen LogP) is 12.3. The highest BCUT2D eigenvalue weighted by Crippen LogP contribution is 2.47. The molecule has 0 saturated heterocycles. The molecule has 4 atom stereocenters. The number of hydrogen-bond acceptors (Lipinski definition) is 2. The Hall–Kier alpha value is -4.17. The molecule has 53 heavy (non-hydrogen) atoms. The van der Waals surface area contributed by atoms with Crippen molar-refractivity contribution in [1.29, 1.82) is 0 Å². The number of fused-ring (bicyclic) bond motifs is 2. The molecule has 272 valence electrons. The van der Waals surface area contributed by atoms with Gasteiger partial charge in [-0.05, 0) is 176 Å². The maximum atomic E-state index is 5.59. The van der Waals surface area contributed by atoms with Crippen LogP contribution in [0.2, 0.25) is 0 Å². The van der Waals surface area contributed by atoms with Crippen molar-refractivity contribution in [2.75, 3.05) is 6.54 Å². The number of hydrogen-bond donors (Lipinski definition) is 1. The standard InChI is InChI=1S/C51H58N2/c1-2-7-18-41(17-6-1)50-43-20-10-3-4-11-21-45(43)51(46-23-13-12-22-44(46)50)49-33-47(39-28-24-37(25-29-39)36-15-8-5-9-16-36)48(35-53-49)40-30-26-38(27-31-40)42-19-14-32-52-34-42/h1-5,8,10-11,14,19,24-26,28-30,32,35-36,38,40-41,47,52H,6-7,9,12-13,15-18,20-23,27,31,33-34H2/b10-3+,11-4-/t36-,38?,40?,47?/m1/s1. The first kappa shape index (κ1) is 34.6. The van der Waals surface area contributed by atoms with Crippen LogP contribution in [0.4, 0.5) is 0 Å². The van der Waals surface area contributed by atoms with Crippen molar-refractivity contribution in [3.05, 3.63) is 165 Å². The van der Waals surface area contributed by atoms with E-state index in [1.807, 2.05) is 0 Å². The molecule has 2 heterocycles. The summed E-state index contributed by atoms with van der Waals surface area (Å²) in [5.41, 5.74) is 17.3. The van der Waals surface area contributed by atoms with Gasteiger partial charge in [-0.25, -0.2) is 0 Å². The Labute approximate surface area is 319 Å². The van der Waals surface area contributed by atoms with Crippen LogP contribution in [0.3, 0.4) is 0 Å². The summed E-state index contributed by atoms with van der Waals surface area (Å²) in [6, 6.07) is 9.92. The minimum Gasteiger partial charge on any atom is -0.387 e. The normalized spacial score (nSPS) is 28.3. The highest BCUT2D eigenvalue weighted by molar-refractivity contribution is 6.05. The molecule has 5 aliphatic carbocycles. The third-order valence-corrected chi connectivity index (χ3v) is 13.7. The van der Waals surface area contributed by atoms with Crippen molar-refractivity contribution < 1.29 is 0 Å². The predicted molar refractivity (Wildman–Crippen MR) is 224 cm³/mol. The fourth-order valence-electron chi connectivity index (χ4n) is 10.9. The second-order valence-electron chi connectivity index (χ2n) is 16.8. The van der Waals surface area contributed by atoms with Gasteiger partial charge in [-0.1, -0.05) is 91.1 Å². The van der Waals surface area contributed by atoms with Crippen molar-refractivity contribution in [2.24, 2.45) is 16.8 Å². The zero-order chi connectivity index (χ0) is 35.4. The Kier molecular flexibility index (Phi) is 10.5. The fraction of sp³-hybridized carbons (Fsp3) is 0.431. The maximum Gasteiger partial charge on any atom is 0.0491 e. The van der Waals surface area contributed by atoms with E-state index in [0.717, 1.165) is 25.8 Å². The van der Waals surface area contributed by atoms with Gasteiger partial charge in [-0.3, -0.25) is 4.99 Å². The first-order valence-electron chi connectivity index (χ1n) is 21.3. The Bertz CT molecular complexity index is 1940. The second kappa shape index (κ2) is 16.1. The Morgan fingerprint density at radius 3 is 2.04 bits per heavy atom. The van der Waals surface area contributed by atoms with Gasteiger partial charge in [0.1, 0.15) is 0 Å². The number of nitrogens with one attached hydrogen (secondary N) is 1. The Morgan fingerprint density at radius 2 is 1.32 bits per heavy atom. The number of rotatable bonds is 6. The summed E-state index contributed by atoms with van der Waals surface area (Å²) in [5.74, 6) is 2.63. The maximum absolute atomic E-state index is 5.59. The van der Waals surface area contributed by atoms with Crippen LogP contribution in [0.5, 0.6) is 0 Å². The first-order valence-corrected chi connectivity index (χ1v) is 21.3. The molecule has 0 saturated carbocycles. The van der Waals surface area contributed by atoms with Crippen molar-refractivity contribution in [3.63, 3.8) is 0 Å². The van der Waals surface area contributed by atoms with Crippen molar-refractivity contribution in [1.82, 2.24) is 5.32 Å². The molecule has 2 heteroatoms. The Balaban J connectivity index is 1.13. The van der Waals surface area contributed by atoms with Gasteiger partial charge < -0.3 is 5.32 Å². The van der Waals surface area contributed by atoms with E-state index >= 15 is 0 Å². The van der Waals surface area contributed by atoms with Gasteiger partial charge in [0.15, 0.2) is 0 Å². The lowest BCUT2D eigenvalue weighted by Gasteiger charge is -2.36. The minimum absolute atomic E-state index is 0.346. The largest absolute Gasteiger partial charge is 0.387 e. The lowest BCUT2D eigenvalue weighted by molar-refractivity contribution is 0.501. The topological polar surface area (TPSA) is 24.4 Å². The van der Waals surface area contributed by atoms with Crippen molar-refractivity contribution in [3.8, 4) is 0 Å².